The van der Waals surface area contributed by atoms with Crippen LogP contribution in [-0.2, 0) is 11.2 Å². The summed E-state index contributed by atoms with van der Waals surface area (Å²) >= 11 is 0. The molecule has 134 valence electrons. The third kappa shape index (κ3) is 4.18. The van der Waals surface area contributed by atoms with E-state index in [1.807, 2.05) is 31.2 Å². The van der Waals surface area contributed by atoms with Crippen LogP contribution in [0.2, 0.25) is 0 Å². The highest BCUT2D eigenvalue weighted by Crippen LogP contribution is 2.25. The molecule has 0 aliphatic rings. The smallest absolute Gasteiger partial charge is 0.262 e. The van der Waals surface area contributed by atoms with Gasteiger partial charge in [0.2, 0.25) is 0 Å². The van der Waals surface area contributed by atoms with Crippen LogP contribution >= 0.6 is 0 Å². The zero-order valence-electron chi connectivity index (χ0n) is 14.6. The number of anilines is 1. The Kier molecular flexibility index (Phi) is 5.48. The van der Waals surface area contributed by atoms with E-state index in [4.69, 9.17) is 14.0 Å². The van der Waals surface area contributed by atoms with Crippen LogP contribution in [-0.4, -0.2) is 29.8 Å². The van der Waals surface area contributed by atoms with Crippen molar-refractivity contribution >= 4 is 11.6 Å². The fourth-order valence-electron chi connectivity index (χ4n) is 2.29. The number of carbonyl (C=O) groups is 1. The predicted octanol–water partition coefficient (Wildman–Crippen LogP) is 3.33. The second-order valence-electron chi connectivity index (χ2n) is 5.43. The SMILES string of the molecule is CCc1noc(-c2ccc(NC(=O)COc3ccccc3OC)cc2)n1. The van der Waals surface area contributed by atoms with E-state index in [0.717, 1.165) is 5.56 Å². The van der Waals surface area contributed by atoms with Gasteiger partial charge >= 0.3 is 0 Å². The maximum Gasteiger partial charge on any atom is 0.262 e. The number of hydrogen-bond acceptors (Lipinski definition) is 6. The predicted molar refractivity (Wildman–Crippen MR) is 96.2 cm³/mol. The Morgan fingerprint density at radius 3 is 2.50 bits per heavy atom. The van der Waals surface area contributed by atoms with Gasteiger partial charge < -0.3 is 19.3 Å². The van der Waals surface area contributed by atoms with E-state index in [1.165, 1.54) is 0 Å². The number of hydrogen-bond donors (Lipinski definition) is 1. The lowest BCUT2D eigenvalue weighted by Gasteiger charge is -2.10. The highest BCUT2D eigenvalue weighted by molar-refractivity contribution is 5.92. The second-order valence-corrected chi connectivity index (χ2v) is 5.43. The second kappa shape index (κ2) is 8.15. The van der Waals surface area contributed by atoms with E-state index in [2.05, 4.69) is 15.5 Å². The molecule has 0 atom stereocenters. The molecule has 1 N–H and O–H groups in total. The van der Waals surface area contributed by atoms with Crippen LogP contribution in [0.5, 0.6) is 11.5 Å². The lowest BCUT2D eigenvalue weighted by Crippen LogP contribution is -2.20. The number of rotatable bonds is 7. The lowest BCUT2D eigenvalue weighted by atomic mass is 10.2. The first-order valence-electron chi connectivity index (χ1n) is 8.18. The molecule has 0 spiro atoms. The van der Waals surface area contributed by atoms with Crippen molar-refractivity contribution in [2.45, 2.75) is 13.3 Å². The minimum absolute atomic E-state index is 0.119. The lowest BCUT2D eigenvalue weighted by molar-refractivity contribution is -0.118. The largest absolute Gasteiger partial charge is 0.493 e. The van der Waals surface area contributed by atoms with Gasteiger partial charge in [-0.1, -0.05) is 24.2 Å². The third-order valence-electron chi connectivity index (χ3n) is 3.63. The van der Waals surface area contributed by atoms with E-state index < -0.39 is 0 Å². The van der Waals surface area contributed by atoms with Crippen molar-refractivity contribution in [1.82, 2.24) is 10.1 Å². The first kappa shape index (κ1) is 17.5. The fourth-order valence-corrected chi connectivity index (χ4v) is 2.29. The Hall–Kier alpha value is -3.35. The molecular formula is C19H19N3O4. The number of aryl methyl sites for hydroxylation is 1. The van der Waals surface area contributed by atoms with Crippen LogP contribution in [0.1, 0.15) is 12.7 Å². The normalized spacial score (nSPS) is 10.4. The number of amides is 1. The molecule has 2 aromatic carbocycles. The van der Waals surface area contributed by atoms with Gasteiger partial charge in [0.1, 0.15) is 0 Å². The minimum Gasteiger partial charge on any atom is -0.493 e. The van der Waals surface area contributed by atoms with Gasteiger partial charge in [-0.3, -0.25) is 4.79 Å². The number of nitrogens with one attached hydrogen (secondary N) is 1. The number of benzene rings is 2. The van der Waals surface area contributed by atoms with Gasteiger partial charge in [0.05, 0.1) is 7.11 Å². The number of ether oxygens (including phenoxy) is 2. The molecule has 1 amide bonds. The van der Waals surface area contributed by atoms with E-state index in [9.17, 15) is 4.79 Å². The average Bonchev–Trinajstić information content (AvgIpc) is 3.16. The molecule has 0 radical (unpaired) electrons. The van der Waals surface area contributed by atoms with Crippen molar-refractivity contribution in [1.29, 1.82) is 0 Å². The van der Waals surface area contributed by atoms with E-state index in [1.54, 1.807) is 31.4 Å². The summed E-state index contributed by atoms with van der Waals surface area (Å²) in [6.45, 7) is 1.84. The molecule has 0 unspecified atom stereocenters. The molecule has 0 aliphatic heterocycles. The first-order valence-corrected chi connectivity index (χ1v) is 8.18. The van der Waals surface area contributed by atoms with E-state index in [0.29, 0.717) is 35.3 Å². The zero-order chi connectivity index (χ0) is 18.4. The van der Waals surface area contributed by atoms with Crippen LogP contribution < -0.4 is 14.8 Å². The molecule has 0 saturated heterocycles. The highest BCUT2D eigenvalue weighted by Gasteiger charge is 2.09. The summed E-state index contributed by atoms with van der Waals surface area (Å²) in [7, 11) is 1.55. The van der Waals surface area contributed by atoms with Crippen molar-refractivity contribution in [3.05, 3.63) is 54.4 Å². The third-order valence-corrected chi connectivity index (χ3v) is 3.63. The Morgan fingerprint density at radius 2 is 1.85 bits per heavy atom. The zero-order valence-corrected chi connectivity index (χ0v) is 14.6. The summed E-state index contributed by atoms with van der Waals surface area (Å²) in [5.41, 5.74) is 1.44. The number of aromatic nitrogens is 2. The molecule has 3 aromatic rings. The minimum atomic E-state index is -0.269. The van der Waals surface area contributed by atoms with Crippen LogP contribution in [0.3, 0.4) is 0 Å². The average molecular weight is 353 g/mol. The van der Waals surface area contributed by atoms with Gasteiger partial charge in [-0.15, -0.1) is 0 Å². The van der Waals surface area contributed by atoms with Crippen LogP contribution in [0.4, 0.5) is 5.69 Å². The number of nitrogens with zero attached hydrogens (tertiary/aromatic N) is 2. The fraction of sp³-hybridized carbons (Fsp3) is 0.211. The Morgan fingerprint density at radius 1 is 1.12 bits per heavy atom. The molecule has 0 bridgehead atoms. The summed E-state index contributed by atoms with van der Waals surface area (Å²) in [6, 6.07) is 14.3. The van der Waals surface area contributed by atoms with Gasteiger partial charge in [0.15, 0.2) is 23.9 Å². The standard InChI is InChI=1S/C19H19N3O4/c1-3-17-21-19(26-22-17)13-8-10-14(11-9-13)20-18(23)12-25-16-7-5-4-6-15(16)24-2/h4-11H,3,12H2,1-2H3,(H,20,23). The monoisotopic (exact) mass is 353 g/mol. The molecule has 0 aliphatic carbocycles. The summed E-state index contributed by atoms with van der Waals surface area (Å²) in [4.78, 5) is 16.3. The first-order chi connectivity index (χ1) is 12.7. The number of methoxy groups -OCH3 is 1. The Labute approximate surface area is 150 Å². The van der Waals surface area contributed by atoms with E-state index >= 15 is 0 Å². The number of carbonyl (C=O) groups excluding carboxylic acids is 1. The Bertz CT molecular complexity index is 875. The van der Waals surface area contributed by atoms with Gasteiger partial charge in [0.25, 0.3) is 11.8 Å². The molecule has 7 nitrogen and oxygen atoms in total. The molecule has 1 heterocycles. The van der Waals surface area contributed by atoms with Gasteiger partial charge in [0, 0.05) is 17.7 Å². The van der Waals surface area contributed by atoms with Crippen LogP contribution in [0, 0.1) is 0 Å². The summed E-state index contributed by atoms with van der Waals surface area (Å²) < 4.78 is 15.9. The summed E-state index contributed by atoms with van der Waals surface area (Å²) in [5.74, 6) is 1.94. The number of para-hydroxylation sites is 2. The molecule has 26 heavy (non-hydrogen) atoms. The van der Waals surface area contributed by atoms with Gasteiger partial charge in [-0.25, -0.2) is 0 Å². The molecule has 3 rings (SSSR count). The van der Waals surface area contributed by atoms with Crippen molar-refractivity contribution in [3.8, 4) is 23.0 Å². The molecule has 0 saturated carbocycles. The van der Waals surface area contributed by atoms with Crippen molar-refractivity contribution in [2.24, 2.45) is 0 Å². The molecule has 7 heteroatoms. The summed E-state index contributed by atoms with van der Waals surface area (Å²) in [6.07, 6.45) is 0.712. The Balaban J connectivity index is 1.57. The molecular weight excluding hydrogens is 334 g/mol. The van der Waals surface area contributed by atoms with Crippen LogP contribution in [0.15, 0.2) is 53.1 Å². The van der Waals surface area contributed by atoms with Crippen molar-refractivity contribution < 1.29 is 18.8 Å². The quantitative estimate of drug-likeness (QED) is 0.701. The molecule has 1 aromatic heterocycles. The van der Waals surface area contributed by atoms with Crippen molar-refractivity contribution in [2.75, 3.05) is 19.0 Å². The van der Waals surface area contributed by atoms with Gasteiger partial charge in [-0.05, 0) is 36.4 Å². The van der Waals surface area contributed by atoms with Crippen LogP contribution in [0.25, 0.3) is 11.5 Å². The van der Waals surface area contributed by atoms with Gasteiger partial charge in [-0.2, -0.15) is 4.98 Å². The van der Waals surface area contributed by atoms with E-state index in [-0.39, 0.29) is 12.5 Å². The molecule has 0 fully saturated rings. The highest BCUT2D eigenvalue weighted by atomic mass is 16.5. The maximum atomic E-state index is 12.1. The maximum absolute atomic E-state index is 12.1. The summed E-state index contributed by atoms with van der Waals surface area (Å²) in [5, 5.41) is 6.64. The van der Waals surface area contributed by atoms with Crippen molar-refractivity contribution in [3.63, 3.8) is 0 Å². The topological polar surface area (TPSA) is 86.5 Å².